The van der Waals surface area contributed by atoms with Gasteiger partial charge >= 0.3 is 0 Å². The molecule has 1 aliphatic rings. The molecule has 20 heavy (non-hydrogen) atoms. The second-order valence-electron chi connectivity index (χ2n) is 6.81. The fourth-order valence-electron chi connectivity index (χ4n) is 3.39. The number of ether oxygens (including phenoxy) is 1. The zero-order valence-electron chi connectivity index (χ0n) is 13.4. The summed E-state index contributed by atoms with van der Waals surface area (Å²) in [6.07, 6.45) is 3.99. The molecule has 2 nitrogen and oxygen atoms in total. The molecular weight excluding hydrogens is 246 g/mol. The van der Waals surface area contributed by atoms with Crippen LogP contribution in [0.25, 0.3) is 0 Å². The molecule has 0 bridgehead atoms. The van der Waals surface area contributed by atoms with E-state index in [1.807, 2.05) is 12.1 Å². The third-order valence-electron chi connectivity index (χ3n) is 4.22. The molecule has 0 radical (unpaired) electrons. The Kier molecular flexibility index (Phi) is 5.47. The van der Waals surface area contributed by atoms with E-state index < -0.39 is 0 Å². The predicted molar refractivity (Wildman–Crippen MR) is 85.2 cm³/mol. The number of benzene rings is 1. The van der Waals surface area contributed by atoms with Gasteiger partial charge in [0.15, 0.2) is 0 Å². The van der Waals surface area contributed by atoms with E-state index in [1.165, 1.54) is 24.8 Å². The summed E-state index contributed by atoms with van der Waals surface area (Å²) >= 11 is 0. The number of hydrogen-bond donors (Lipinski definition) is 1. The average Bonchev–Trinajstić information content (AvgIpc) is 2.37. The van der Waals surface area contributed by atoms with Crippen molar-refractivity contribution < 1.29 is 4.74 Å². The number of aryl methyl sites for hydroxylation is 1. The fraction of sp³-hybridized carbons (Fsp3) is 0.667. The molecule has 1 aromatic carbocycles. The topological polar surface area (TPSA) is 21.3 Å². The van der Waals surface area contributed by atoms with Gasteiger partial charge in [0.2, 0.25) is 0 Å². The maximum absolute atomic E-state index is 5.86. The van der Waals surface area contributed by atoms with Crippen LogP contribution in [-0.2, 0) is 0 Å². The summed E-state index contributed by atoms with van der Waals surface area (Å²) in [6.45, 7) is 9.80. The Labute approximate surface area is 123 Å². The van der Waals surface area contributed by atoms with E-state index in [0.29, 0.717) is 12.1 Å². The minimum atomic E-state index is 0.402. The Hall–Kier alpha value is -1.02. The van der Waals surface area contributed by atoms with Gasteiger partial charge in [-0.3, -0.25) is 0 Å². The molecule has 1 aromatic rings. The van der Waals surface area contributed by atoms with Crippen molar-refractivity contribution in [1.29, 1.82) is 0 Å². The molecule has 0 heterocycles. The van der Waals surface area contributed by atoms with Crippen LogP contribution in [0.1, 0.15) is 45.6 Å². The molecule has 1 fully saturated rings. The average molecular weight is 275 g/mol. The van der Waals surface area contributed by atoms with Crippen LogP contribution in [0.5, 0.6) is 5.75 Å². The first-order chi connectivity index (χ1) is 9.52. The van der Waals surface area contributed by atoms with Crippen LogP contribution in [0.2, 0.25) is 0 Å². The molecule has 3 unspecified atom stereocenters. The largest absolute Gasteiger partial charge is 0.492 e. The van der Waals surface area contributed by atoms with E-state index in [4.69, 9.17) is 4.74 Å². The monoisotopic (exact) mass is 275 g/mol. The fourth-order valence-corrected chi connectivity index (χ4v) is 3.39. The van der Waals surface area contributed by atoms with Crippen molar-refractivity contribution in [2.75, 3.05) is 6.61 Å². The van der Waals surface area contributed by atoms with Crippen LogP contribution in [0, 0.1) is 18.8 Å². The maximum Gasteiger partial charge on any atom is 0.119 e. The Morgan fingerprint density at radius 3 is 2.30 bits per heavy atom. The van der Waals surface area contributed by atoms with Crippen LogP contribution < -0.4 is 10.1 Å². The summed E-state index contributed by atoms with van der Waals surface area (Å²) in [5.41, 5.74) is 1.27. The lowest BCUT2D eigenvalue weighted by atomic mass is 9.80. The normalized spacial score (nSPS) is 28.1. The highest BCUT2D eigenvalue weighted by molar-refractivity contribution is 5.26. The molecule has 1 aliphatic carbocycles. The predicted octanol–water partition coefficient (Wildman–Crippen LogP) is 4.18. The van der Waals surface area contributed by atoms with Crippen LogP contribution in [-0.4, -0.2) is 18.7 Å². The van der Waals surface area contributed by atoms with Gasteiger partial charge in [0, 0.05) is 12.1 Å². The van der Waals surface area contributed by atoms with E-state index in [1.54, 1.807) is 0 Å². The summed E-state index contributed by atoms with van der Waals surface area (Å²) in [5.74, 6) is 2.66. The van der Waals surface area contributed by atoms with Gasteiger partial charge in [-0.15, -0.1) is 0 Å². The zero-order valence-corrected chi connectivity index (χ0v) is 13.4. The molecule has 0 aromatic heterocycles. The third kappa shape index (κ3) is 4.82. The van der Waals surface area contributed by atoms with Crippen LogP contribution in [0.3, 0.4) is 0 Å². The lowest BCUT2D eigenvalue weighted by Gasteiger charge is -2.33. The van der Waals surface area contributed by atoms with Crippen molar-refractivity contribution in [3.05, 3.63) is 29.8 Å². The second kappa shape index (κ2) is 7.12. The van der Waals surface area contributed by atoms with Gasteiger partial charge in [-0.25, -0.2) is 0 Å². The minimum absolute atomic E-state index is 0.402. The molecule has 3 atom stereocenters. The Morgan fingerprint density at radius 2 is 1.70 bits per heavy atom. The maximum atomic E-state index is 5.86. The summed E-state index contributed by atoms with van der Waals surface area (Å²) in [4.78, 5) is 0. The summed E-state index contributed by atoms with van der Waals surface area (Å²) < 4.78 is 5.86. The van der Waals surface area contributed by atoms with Gasteiger partial charge < -0.3 is 10.1 Å². The first-order valence-electron chi connectivity index (χ1n) is 7.98. The summed E-state index contributed by atoms with van der Waals surface area (Å²) in [7, 11) is 0. The quantitative estimate of drug-likeness (QED) is 0.870. The van der Waals surface area contributed by atoms with Gasteiger partial charge in [-0.05, 0) is 57.1 Å². The lowest BCUT2D eigenvalue weighted by Crippen LogP contribution is -2.43. The molecule has 2 rings (SSSR count). The smallest absolute Gasteiger partial charge is 0.119 e. The molecule has 1 saturated carbocycles. The van der Waals surface area contributed by atoms with Crippen molar-refractivity contribution >= 4 is 0 Å². The van der Waals surface area contributed by atoms with Gasteiger partial charge in [0.25, 0.3) is 0 Å². The summed E-state index contributed by atoms with van der Waals surface area (Å²) in [5, 5.41) is 3.74. The van der Waals surface area contributed by atoms with Gasteiger partial charge in [-0.1, -0.05) is 31.5 Å². The van der Waals surface area contributed by atoms with Crippen LogP contribution >= 0.6 is 0 Å². The molecule has 0 aliphatic heterocycles. The molecule has 0 amide bonds. The minimum Gasteiger partial charge on any atom is -0.492 e. The highest BCUT2D eigenvalue weighted by Crippen LogP contribution is 2.28. The Bertz CT molecular complexity index is 390. The van der Waals surface area contributed by atoms with Crippen molar-refractivity contribution in [1.82, 2.24) is 5.32 Å². The van der Waals surface area contributed by atoms with Crippen molar-refractivity contribution in [3.63, 3.8) is 0 Å². The first-order valence-corrected chi connectivity index (χ1v) is 7.98. The lowest BCUT2D eigenvalue weighted by molar-refractivity contribution is 0.201. The Balaban J connectivity index is 1.74. The SMILES string of the molecule is Cc1ccc(OCC(C)NC2CC(C)CC(C)C2)cc1. The third-order valence-corrected chi connectivity index (χ3v) is 4.22. The molecule has 0 spiro atoms. The molecule has 1 N–H and O–H groups in total. The molecule has 2 heteroatoms. The Morgan fingerprint density at radius 1 is 1.10 bits per heavy atom. The summed E-state index contributed by atoms with van der Waals surface area (Å²) in [6, 6.07) is 9.35. The standard InChI is InChI=1S/C18H29NO/c1-13-5-7-18(8-6-13)20-12-16(4)19-17-10-14(2)9-15(3)11-17/h5-8,14-17,19H,9-12H2,1-4H3. The first kappa shape index (κ1) is 15.4. The van der Waals surface area contributed by atoms with E-state index in [-0.39, 0.29) is 0 Å². The van der Waals surface area contributed by atoms with Gasteiger partial charge in [0.1, 0.15) is 12.4 Å². The second-order valence-corrected chi connectivity index (χ2v) is 6.81. The number of rotatable bonds is 5. The van der Waals surface area contributed by atoms with E-state index >= 15 is 0 Å². The van der Waals surface area contributed by atoms with E-state index in [2.05, 4.69) is 45.1 Å². The highest BCUT2D eigenvalue weighted by Gasteiger charge is 2.24. The molecule has 112 valence electrons. The molecule has 0 saturated heterocycles. The zero-order chi connectivity index (χ0) is 14.5. The van der Waals surface area contributed by atoms with Crippen molar-refractivity contribution in [2.45, 2.75) is 59.0 Å². The van der Waals surface area contributed by atoms with E-state index in [0.717, 1.165) is 24.2 Å². The molecular formula is C18H29NO. The van der Waals surface area contributed by atoms with E-state index in [9.17, 15) is 0 Å². The van der Waals surface area contributed by atoms with Crippen molar-refractivity contribution in [2.24, 2.45) is 11.8 Å². The highest BCUT2D eigenvalue weighted by atomic mass is 16.5. The van der Waals surface area contributed by atoms with Gasteiger partial charge in [-0.2, -0.15) is 0 Å². The number of hydrogen-bond acceptors (Lipinski definition) is 2. The number of nitrogens with one attached hydrogen (secondary N) is 1. The van der Waals surface area contributed by atoms with Gasteiger partial charge in [0.05, 0.1) is 0 Å². The van der Waals surface area contributed by atoms with Crippen LogP contribution in [0.4, 0.5) is 0 Å². The van der Waals surface area contributed by atoms with Crippen LogP contribution in [0.15, 0.2) is 24.3 Å². The van der Waals surface area contributed by atoms with Crippen molar-refractivity contribution in [3.8, 4) is 5.75 Å².